The van der Waals surface area contributed by atoms with Crippen molar-refractivity contribution in [1.82, 2.24) is 14.6 Å². The normalized spacial score (nSPS) is 11.0. The van der Waals surface area contributed by atoms with E-state index in [0.29, 0.717) is 18.5 Å². The summed E-state index contributed by atoms with van der Waals surface area (Å²) >= 11 is 0. The van der Waals surface area contributed by atoms with Gasteiger partial charge in [0.05, 0.1) is 11.2 Å². The van der Waals surface area contributed by atoms with E-state index < -0.39 is 5.97 Å². The molecule has 2 N–H and O–H groups in total. The van der Waals surface area contributed by atoms with Crippen LogP contribution in [0, 0.1) is 0 Å². The van der Waals surface area contributed by atoms with Gasteiger partial charge in [-0.25, -0.2) is 14.3 Å². The van der Waals surface area contributed by atoms with Crippen LogP contribution in [-0.2, 0) is 12.8 Å². The Balaban J connectivity index is 1.85. The number of carboxylic acids is 1. The van der Waals surface area contributed by atoms with E-state index >= 15 is 0 Å². The minimum absolute atomic E-state index is 0.0282. The van der Waals surface area contributed by atoms with E-state index in [0.717, 1.165) is 27.9 Å². The summed E-state index contributed by atoms with van der Waals surface area (Å²) in [5.74, 6) is -1.04. The number of hydrogen-bond acceptors (Lipinski definition) is 4. The van der Waals surface area contributed by atoms with Gasteiger partial charge in [-0.05, 0) is 30.2 Å². The fourth-order valence-corrected chi connectivity index (χ4v) is 3.30. The minimum atomic E-state index is -1.04. The van der Waals surface area contributed by atoms with Crippen molar-refractivity contribution in [3.8, 4) is 11.3 Å². The molecule has 1 aromatic carbocycles. The summed E-state index contributed by atoms with van der Waals surface area (Å²) in [6.45, 7) is 0.0804. The third-order valence-corrected chi connectivity index (χ3v) is 4.62. The first-order chi connectivity index (χ1) is 13.7. The molecule has 0 aliphatic carbocycles. The number of fused-ring (bicyclic) bond motifs is 1. The molecule has 4 aromatic rings. The van der Waals surface area contributed by atoms with Crippen LogP contribution in [0.25, 0.3) is 16.8 Å². The largest absolute Gasteiger partial charge is 0.477 e. The van der Waals surface area contributed by atoms with Gasteiger partial charge in [0.15, 0.2) is 0 Å². The van der Waals surface area contributed by atoms with Crippen LogP contribution < -0.4 is 0 Å². The predicted molar refractivity (Wildman–Crippen MR) is 105 cm³/mol. The van der Waals surface area contributed by atoms with Crippen LogP contribution in [0.1, 0.15) is 27.3 Å². The van der Waals surface area contributed by atoms with Gasteiger partial charge in [-0.2, -0.15) is 5.10 Å². The zero-order valence-electron chi connectivity index (χ0n) is 15.1. The van der Waals surface area contributed by atoms with E-state index in [-0.39, 0.29) is 12.3 Å². The average molecular weight is 373 g/mol. The maximum Gasteiger partial charge on any atom is 0.354 e. The minimum Gasteiger partial charge on any atom is -0.477 e. The summed E-state index contributed by atoms with van der Waals surface area (Å²) in [4.78, 5) is 15.5. The third-order valence-electron chi connectivity index (χ3n) is 4.62. The number of pyridine rings is 2. The van der Waals surface area contributed by atoms with Gasteiger partial charge in [0.1, 0.15) is 5.69 Å². The van der Waals surface area contributed by atoms with E-state index in [9.17, 15) is 15.0 Å². The van der Waals surface area contributed by atoms with Crippen molar-refractivity contribution in [3.63, 3.8) is 0 Å². The molecule has 140 valence electrons. The lowest BCUT2D eigenvalue weighted by atomic mass is 10.0. The highest BCUT2D eigenvalue weighted by molar-refractivity contribution is 5.85. The quantitative estimate of drug-likeness (QED) is 0.542. The molecule has 0 amide bonds. The van der Waals surface area contributed by atoms with Crippen LogP contribution >= 0.6 is 0 Å². The smallest absolute Gasteiger partial charge is 0.354 e. The summed E-state index contributed by atoms with van der Waals surface area (Å²) in [6, 6.07) is 18.9. The Morgan fingerprint density at radius 2 is 1.82 bits per heavy atom. The molecule has 0 radical (unpaired) electrons. The molecule has 0 fully saturated rings. The summed E-state index contributed by atoms with van der Waals surface area (Å²) in [5, 5.41) is 23.2. The predicted octanol–water partition coefficient (Wildman–Crippen LogP) is 3.22. The standard InChI is InChI=1S/C22H19N3O3/c26-12-11-15-9-10-20-18(13-17-7-4-8-19(23-17)22(27)28)21(24-25(20)14-15)16-5-2-1-3-6-16/h1-10,14,26H,11-13H2,(H,27,28). The van der Waals surface area contributed by atoms with Crippen molar-refractivity contribution in [3.05, 3.63) is 89.4 Å². The van der Waals surface area contributed by atoms with Crippen LogP contribution in [0.3, 0.4) is 0 Å². The van der Waals surface area contributed by atoms with E-state index in [4.69, 9.17) is 5.10 Å². The number of nitrogens with zero attached hydrogens (tertiary/aromatic N) is 3. The molecule has 0 saturated carbocycles. The Hall–Kier alpha value is -3.51. The second kappa shape index (κ2) is 7.62. The topological polar surface area (TPSA) is 87.7 Å². The van der Waals surface area contributed by atoms with Gasteiger partial charge >= 0.3 is 5.97 Å². The number of benzene rings is 1. The molecule has 6 nitrogen and oxygen atoms in total. The molecule has 4 rings (SSSR count). The lowest BCUT2D eigenvalue weighted by molar-refractivity contribution is 0.0690. The fourth-order valence-electron chi connectivity index (χ4n) is 3.30. The first-order valence-corrected chi connectivity index (χ1v) is 9.01. The molecular formula is C22H19N3O3. The van der Waals surface area contributed by atoms with Gasteiger partial charge in [-0.3, -0.25) is 0 Å². The summed E-state index contributed by atoms with van der Waals surface area (Å²) < 4.78 is 1.82. The van der Waals surface area contributed by atoms with Crippen molar-refractivity contribution in [2.24, 2.45) is 0 Å². The van der Waals surface area contributed by atoms with Gasteiger partial charge in [0.2, 0.25) is 0 Å². The van der Waals surface area contributed by atoms with Gasteiger partial charge in [0, 0.05) is 36.0 Å². The summed E-state index contributed by atoms with van der Waals surface area (Å²) in [5.41, 5.74) is 5.44. The lowest BCUT2D eigenvalue weighted by Crippen LogP contribution is -2.03. The molecule has 0 spiro atoms. The van der Waals surface area contributed by atoms with Crippen LogP contribution in [0.15, 0.2) is 66.9 Å². The number of aromatic carboxylic acids is 1. The fraction of sp³-hybridized carbons (Fsp3) is 0.136. The molecule has 0 saturated heterocycles. The van der Waals surface area contributed by atoms with Crippen LogP contribution in [0.5, 0.6) is 0 Å². The first-order valence-electron chi connectivity index (χ1n) is 9.01. The molecule has 0 atom stereocenters. The Morgan fingerprint density at radius 3 is 2.57 bits per heavy atom. The second-order valence-corrected chi connectivity index (χ2v) is 6.53. The Labute approximate surface area is 161 Å². The molecular weight excluding hydrogens is 354 g/mol. The molecule has 0 aliphatic heterocycles. The van der Waals surface area contributed by atoms with Gasteiger partial charge in [-0.1, -0.05) is 42.5 Å². The van der Waals surface area contributed by atoms with Crippen LogP contribution in [0.2, 0.25) is 0 Å². The van der Waals surface area contributed by atoms with Crippen molar-refractivity contribution < 1.29 is 15.0 Å². The molecule has 0 bridgehead atoms. The second-order valence-electron chi connectivity index (χ2n) is 6.53. The number of hydrogen-bond donors (Lipinski definition) is 2. The van der Waals surface area contributed by atoms with E-state index in [2.05, 4.69) is 4.98 Å². The van der Waals surface area contributed by atoms with E-state index in [1.807, 2.05) is 59.2 Å². The van der Waals surface area contributed by atoms with Crippen LogP contribution in [-0.4, -0.2) is 37.4 Å². The number of carbonyl (C=O) groups is 1. The Kier molecular flexibility index (Phi) is 4.87. The molecule has 0 unspecified atom stereocenters. The van der Waals surface area contributed by atoms with Crippen molar-refractivity contribution in [1.29, 1.82) is 0 Å². The SMILES string of the molecule is O=C(O)c1cccc(Cc2c(-c3ccccc3)nn3cc(CCO)ccc23)n1. The summed E-state index contributed by atoms with van der Waals surface area (Å²) in [6.07, 6.45) is 2.95. The molecule has 0 aliphatic rings. The third kappa shape index (κ3) is 3.50. The maximum atomic E-state index is 11.3. The lowest BCUT2D eigenvalue weighted by Gasteiger charge is -2.05. The first kappa shape index (κ1) is 17.9. The summed E-state index contributed by atoms with van der Waals surface area (Å²) in [7, 11) is 0. The average Bonchev–Trinajstić information content (AvgIpc) is 3.07. The van der Waals surface area contributed by atoms with Crippen molar-refractivity contribution in [2.45, 2.75) is 12.8 Å². The maximum absolute atomic E-state index is 11.3. The van der Waals surface area contributed by atoms with E-state index in [1.165, 1.54) is 6.07 Å². The van der Waals surface area contributed by atoms with Gasteiger partial charge in [0.25, 0.3) is 0 Å². The Bertz CT molecular complexity index is 1140. The van der Waals surface area contributed by atoms with Crippen LogP contribution in [0.4, 0.5) is 0 Å². The molecule has 6 heteroatoms. The Morgan fingerprint density at radius 1 is 1.00 bits per heavy atom. The monoisotopic (exact) mass is 373 g/mol. The number of aliphatic hydroxyl groups is 1. The van der Waals surface area contributed by atoms with Crippen molar-refractivity contribution in [2.75, 3.05) is 6.61 Å². The number of aliphatic hydroxyl groups excluding tert-OH is 1. The number of rotatable bonds is 6. The molecule has 3 aromatic heterocycles. The highest BCUT2D eigenvalue weighted by Gasteiger charge is 2.16. The zero-order valence-corrected chi connectivity index (χ0v) is 15.1. The highest BCUT2D eigenvalue weighted by Crippen LogP contribution is 2.28. The molecule has 3 heterocycles. The number of aromatic nitrogens is 3. The zero-order chi connectivity index (χ0) is 19.5. The molecule has 28 heavy (non-hydrogen) atoms. The highest BCUT2D eigenvalue weighted by atomic mass is 16.4. The number of carboxylic acid groups (broad SMARTS) is 1. The van der Waals surface area contributed by atoms with E-state index in [1.54, 1.807) is 6.07 Å². The van der Waals surface area contributed by atoms with Gasteiger partial charge in [-0.15, -0.1) is 0 Å². The van der Waals surface area contributed by atoms with Gasteiger partial charge < -0.3 is 10.2 Å². The van der Waals surface area contributed by atoms with Crippen molar-refractivity contribution >= 4 is 11.5 Å².